The van der Waals surface area contributed by atoms with Crippen molar-refractivity contribution in [2.75, 3.05) is 7.11 Å². The Balaban J connectivity index is 2.24. The number of benzene rings is 1. The molecule has 0 spiro atoms. The zero-order chi connectivity index (χ0) is 15.0. The zero-order valence-electron chi connectivity index (χ0n) is 11.5. The van der Waals surface area contributed by atoms with E-state index in [0.29, 0.717) is 16.7 Å². The minimum absolute atomic E-state index is 0.100. The summed E-state index contributed by atoms with van der Waals surface area (Å²) in [6.45, 7) is 0. The molecule has 0 bridgehead atoms. The van der Waals surface area contributed by atoms with Crippen LogP contribution in [0.4, 0.5) is 4.39 Å². The van der Waals surface area contributed by atoms with Crippen LogP contribution in [0.1, 0.15) is 34.7 Å². The smallest absolute Gasteiger partial charge is 0.339 e. The fourth-order valence-corrected chi connectivity index (χ4v) is 2.49. The summed E-state index contributed by atoms with van der Waals surface area (Å²) in [6.07, 6.45) is 3.26. The van der Waals surface area contributed by atoms with E-state index >= 15 is 0 Å². The molecule has 0 radical (unpaired) electrons. The molecular formula is C16H14FNO3. The second kappa shape index (κ2) is 5.16. The third-order valence-electron chi connectivity index (χ3n) is 3.66. The lowest BCUT2D eigenvalue weighted by molar-refractivity contribution is 0.0600. The van der Waals surface area contributed by atoms with Gasteiger partial charge in [0.25, 0.3) is 5.56 Å². The van der Waals surface area contributed by atoms with Gasteiger partial charge in [0.2, 0.25) is 0 Å². The summed E-state index contributed by atoms with van der Waals surface area (Å²) in [6, 6.07) is 5.79. The second-order valence-corrected chi connectivity index (χ2v) is 5.09. The molecule has 1 aliphatic carbocycles. The first-order valence-electron chi connectivity index (χ1n) is 6.71. The maximum atomic E-state index is 13.1. The van der Waals surface area contributed by atoms with Gasteiger partial charge < -0.3 is 9.72 Å². The summed E-state index contributed by atoms with van der Waals surface area (Å²) in [7, 11) is 1.29. The Morgan fingerprint density at radius 3 is 2.52 bits per heavy atom. The van der Waals surface area contributed by atoms with Gasteiger partial charge in [-0.2, -0.15) is 0 Å². The molecule has 1 aromatic heterocycles. The molecular weight excluding hydrogens is 273 g/mol. The highest BCUT2D eigenvalue weighted by Gasteiger charge is 2.33. The SMILES string of the molecule is COC(=O)c1c(-c2ccc(F)cc2)c[nH]c(=O)c1C1CC1. The van der Waals surface area contributed by atoms with Crippen molar-refractivity contribution in [1.82, 2.24) is 4.98 Å². The van der Waals surface area contributed by atoms with Gasteiger partial charge in [0.05, 0.1) is 12.7 Å². The molecule has 1 N–H and O–H groups in total. The van der Waals surface area contributed by atoms with Gasteiger partial charge in [-0.3, -0.25) is 4.79 Å². The van der Waals surface area contributed by atoms with Crippen LogP contribution in [0.3, 0.4) is 0 Å². The molecule has 0 atom stereocenters. The van der Waals surface area contributed by atoms with E-state index in [0.717, 1.165) is 12.8 Å². The predicted octanol–water partition coefficient (Wildman–Crippen LogP) is 2.85. The largest absolute Gasteiger partial charge is 0.465 e. The summed E-state index contributed by atoms with van der Waals surface area (Å²) in [5.74, 6) is -0.796. The molecule has 1 heterocycles. The number of carbonyl (C=O) groups excluding carboxylic acids is 1. The van der Waals surface area contributed by atoms with Crippen molar-refractivity contribution < 1.29 is 13.9 Å². The highest BCUT2D eigenvalue weighted by Crippen LogP contribution is 2.42. The highest BCUT2D eigenvalue weighted by molar-refractivity contribution is 5.98. The minimum atomic E-state index is -0.540. The van der Waals surface area contributed by atoms with Crippen LogP contribution in [-0.4, -0.2) is 18.1 Å². The summed E-state index contributed by atoms with van der Waals surface area (Å²) >= 11 is 0. The molecule has 0 saturated heterocycles. The lowest BCUT2D eigenvalue weighted by Crippen LogP contribution is -2.19. The number of ether oxygens (including phenoxy) is 1. The van der Waals surface area contributed by atoms with Crippen molar-refractivity contribution in [3.63, 3.8) is 0 Å². The lowest BCUT2D eigenvalue weighted by Gasteiger charge is -2.12. The number of H-pyrrole nitrogens is 1. The average molecular weight is 287 g/mol. The first-order valence-corrected chi connectivity index (χ1v) is 6.71. The molecule has 0 aliphatic heterocycles. The number of hydrogen-bond donors (Lipinski definition) is 1. The Morgan fingerprint density at radius 2 is 1.95 bits per heavy atom. The van der Waals surface area contributed by atoms with Crippen molar-refractivity contribution in [2.24, 2.45) is 0 Å². The van der Waals surface area contributed by atoms with Crippen LogP contribution in [0.15, 0.2) is 35.3 Å². The second-order valence-electron chi connectivity index (χ2n) is 5.09. The average Bonchev–Trinajstić information content (AvgIpc) is 3.31. The monoisotopic (exact) mass is 287 g/mol. The number of pyridine rings is 1. The number of aromatic nitrogens is 1. The van der Waals surface area contributed by atoms with Crippen LogP contribution in [-0.2, 0) is 4.74 Å². The molecule has 0 amide bonds. The Kier molecular flexibility index (Phi) is 3.33. The fourth-order valence-electron chi connectivity index (χ4n) is 2.49. The van der Waals surface area contributed by atoms with Crippen molar-refractivity contribution >= 4 is 5.97 Å². The van der Waals surface area contributed by atoms with Crippen molar-refractivity contribution in [3.05, 3.63) is 57.8 Å². The molecule has 108 valence electrons. The number of methoxy groups -OCH3 is 1. The van der Waals surface area contributed by atoms with E-state index in [1.807, 2.05) is 0 Å². The van der Waals surface area contributed by atoms with Gasteiger partial charge in [-0.25, -0.2) is 9.18 Å². The molecule has 21 heavy (non-hydrogen) atoms. The number of nitrogens with one attached hydrogen (secondary N) is 1. The maximum absolute atomic E-state index is 13.1. The number of aromatic amines is 1. The summed E-state index contributed by atoms with van der Waals surface area (Å²) < 4.78 is 17.9. The van der Waals surface area contributed by atoms with Gasteiger partial charge in [0, 0.05) is 17.3 Å². The lowest BCUT2D eigenvalue weighted by atomic mass is 9.96. The van der Waals surface area contributed by atoms with Gasteiger partial charge in [-0.05, 0) is 36.5 Å². The van der Waals surface area contributed by atoms with Gasteiger partial charge in [0.1, 0.15) is 5.82 Å². The summed E-state index contributed by atoms with van der Waals surface area (Å²) in [5.41, 5.74) is 1.72. The van der Waals surface area contributed by atoms with E-state index < -0.39 is 5.97 Å². The molecule has 0 unspecified atom stereocenters. The Hall–Kier alpha value is -2.43. The maximum Gasteiger partial charge on any atom is 0.339 e. The third kappa shape index (κ3) is 2.46. The predicted molar refractivity (Wildman–Crippen MR) is 75.8 cm³/mol. The van der Waals surface area contributed by atoms with Gasteiger partial charge in [-0.1, -0.05) is 12.1 Å². The zero-order valence-corrected chi connectivity index (χ0v) is 11.5. The number of halogens is 1. The topological polar surface area (TPSA) is 59.2 Å². The van der Waals surface area contributed by atoms with Gasteiger partial charge >= 0.3 is 5.97 Å². The fraction of sp³-hybridized carbons (Fsp3) is 0.250. The summed E-state index contributed by atoms with van der Waals surface area (Å²) in [5, 5.41) is 0. The van der Waals surface area contributed by atoms with E-state index in [1.54, 1.807) is 12.1 Å². The van der Waals surface area contributed by atoms with E-state index in [9.17, 15) is 14.0 Å². The third-order valence-corrected chi connectivity index (χ3v) is 3.66. The van der Waals surface area contributed by atoms with E-state index in [4.69, 9.17) is 4.74 Å². The van der Waals surface area contributed by atoms with Crippen LogP contribution in [0.5, 0.6) is 0 Å². The van der Waals surface area contributed by atoms with E-state index in [-0.39, 0.29) is 22.9 Å². The standard InChI is InChI=1S/C16H14FNO3/c1-21-16(20)14-12(9-4-6-11(17)7-5-9)8-18-15(19)13(14)10-2-3-10/h4-8,10H,2-3H2,1H3,(H,18,19). The van der Waals surface area contributed by atoms with Crippen LogP contribution in [0, 0.1) is 5.82 Å². The Bertz CT molecular complexity index is 745. The summed E-state index contributed by atoms with van der Waals surface area (Å²) in [4.78, 5) is 26.9. The first-order chi connectivity index (χ1) is 10.1. The Labute approximate surface area is 120 Å². The molecule has 1 saturated carbocycles. The first kappa shape index (κ1) is 13.5. The van der Waals surface area contributed by atoms with Crippen molar-refractivity contribution in [1.29, 1.82) is 0 Å². The molecule has 1 aromatic carbocycles. The van der Waals surface area contributed by atoms with Crippen molar-refractivity contribution in [2.45, 2.75) is 18.8 Å². The minimum Gasteiger partial charge on any atom is -0.465 e. The molecule has 1 aliphatic rings. The van der Waals surface area contributed by atoms with Gasteiger partial charge in [-0.15, -0.1) is 0 Å². The Morgan fingerprint density at radius 1 is 1.29 bits per heavy atom. The van der Waals surface area contributed by atoms with Crippen LogP contribution in [0.2, 0.25) is 0 Å². The van der Waals surface area contributed by atoms with E-state index in [1.165, 1.54) is 25.4 Å². The quantitative estimate of drug-likeness (QED) is 0.883. The van der Waals surface area contributed by atoms with Crippen LogP contribution >= 0.6 is 0 Å². The number of rotatable bonds is 3. The van der Waals surface area contributed by atoms with Crippen molar-refractivity contribution in [3.8, 4) is 11.1 Å². The van der Waals surface area contributed by atoms with Gasteiger partial charge in [0.15, 0.2) is 0 Å². The van der Waals surface area contributed by atoms with E-state index in [2.05, 4.69) is 4.98 Å². The molecule has 1 fully saturated rings. The highest BCUT2D eigenvalue weighted by atomic mass is 19.1. The molecule has 3 rings (SSSR count). The normalized spacial score (nSPS) is 14.0. The number of esters is 1. The van der Waals surface area contributed by atoms with Crippen LogP contribution in [0.25, 0.3) is 11.1 Å². The molecule has 4 nitrogen and oxygen atoms in total. The molecule has 2 aromatic rings. The number of hydrogen-bond acceptors (Lipinski definition) is 3. The molecule has 5 heteroatoms. The number of carbonyl (C=O) groups is 1. The van der Waals surface area contributed by atoms with Crippen LogP contribution < -0.4 is 5.56 Å².